The van der Waals surface area contributed by atoms with Gasteiger partial charge >= 0.3 is 0 Å². The van der Waals surface area contributed by atoms with E-state index in [9.17, 15) is 14.7 Å². The van der Waals surface area contributed by atoms with E-state index in [0.717, 1.165) is 60.3 Å². The van der Waals surface area contributed by atoms with Crippen molar-refractivity contribution in [1.82, 2.24) is 4.90 Å². The van der Waals surface area contributed by atoms with Gasteiger partial charge in [0.2, 0.25) is 0 Å². The second-order valence-electron chi connectivity index (χ2n) is 7.16. The van der Waals surface area contributed by atoms with E-state index < -0.39 is 0 Å². The average molecular weight is 372 g/mol. The van der Waals surface area contributed by atoms with Crippen LogP contribution < -0.4 is 0 Å². The number of nitrogens with zero attached hydrogens (tertiary/aromatic N) is 1. The largest absolute Gasteiger partial charge is 0.506 e. The van der Waals surface area contributed by atoms with Gasteiger partial charge in [-0.1, -0.05) is 17.7 Å². The maximum atomic E-state index is 12.9. The highest BCUT2D eigenvalue weighted by Gasteiger charge is 2.42. The summed E-state index contributed by atoms with van der Waals surface area (Å²) >= 11 is 6.15. The van der Waals surface area contributed by atoms with E-state index >= 15 is 0 Å². The first-order chi connectivity index (χ1) is 12.5. The van der Waals surface area contributed by atoms with Gasteiger partial charge in [0.05, 0.1) is 5.02 Å². The molecule has 3 aliphatic rings. The Morgan fingerprint density at radius 1 is 1.04 bits per heavy atom. The summed E-state index contributed by atoms with van der Waals surface area (Å²) in [6.45, 7) is 2.84. The van der Waals surface area contributed by atoms with Gasteiger partial charge in [0.25, 0.3) is 0 Å². The Hall–Kier alpha value is -2.07. The van der Waals surface area contributed by atoms with Crippen molar-refractivity contribution in [3.8, 4) is 5.75 Å². The number of carbonyl (C=O) groups is 2. The van der Waals surface area contributed by atoms with Crippen LogP contribution in [0.5, 0.6) is 5.75 Å². The summed E-state index contributed by atoms with van der Waals surface area (Å²) < 4.78 is 0. The van der Waals surface area contributed by atoms with E-state index in [4.69, 9.17) is 11.6 Å². The van der Waals surface area contributed by atoms with Crippen LogP contribution in [0.25, 0.3) is 0 Å². The molecule has 136 valence electrons. The van der Waals surface area contributed by atoms with Gasteiger partial charge in [-0.25, -0.2) is 0 Å². The fourth-order valence-corrected chi connectivity index (χ4v) is 4.82. The van der Waals surface area contributed by atoms with E-state index in [1.165, 1.54) is 0 Å². The number of hydrogen-bond acceptors (Lipinski definition) is 4. The molecule has 0 bridgehead atoms. The topological polar surface area (TPSA) is 57.6 Å². The second-order valence-corrected chi connectivity index (χ2v) is 7.57. The van der Waals surface area contributed by atoms with Crippen molar-refractivity contribution in [1.29, 1.82) is 0 Å². The Labute approximate surface area is 158 Å². The monoisotopic (exact) mass is 371 g/mol. The van der Waals surface area contributed by atoms with Crippen LogP contribution in [0.1, 0.15) is 56.9 Å². The zero-order chi connectivity index (χ0) is 18.4. The Morgan fingerprint density at radius 3 is 2.12 bits per heavy atom. The fourth-order valence-electron chi connectivity index (χ4n) is 4.63. The average Bonchev–Trinajstić information content (AvgIpc) is 2.63. The molecule has 0 amide bonds. The number of phenolic OH excluding ortho intramolecular Hbond substituents is 1. The van der Waals surface area contributed by atoms with Crippen molar-refractivity contribution in [2.75, 3.05) is 6.54 Å². The lowest BCUT2D eigenvalue weighted by atomic mass is 9.71. The highest BCUT2D eigenvalue weighted by molar-refractivity contribution is 6.32. The van der Waals surface area contributed by atoms with Crippen molar-refractivity contribution in [2.24, 2.45) is 0 Å². The van der Waals surface area contributed by atoms with Gasteiger partial charge in [-0.3, -0.25) is 9.59 Å². The molecule has 0 fully saturated rings. The molecule has 0 saturated heterocycles. The molecular formula is C21H22ClNO3. The second kappa shape index (κ2) is 6.58. The molecule has 0 atom stereocenters. The maximum absolute atomic E-state index is 12.9. The Balaban J connectivity index is 1.97. The van der Waals surface area contributed by atoms with Crippen LogP contribution in [0.3, 0.4) is 0 Å². The summed E-state index contributed by atoms with van der Waals surface area (Å²) in [7, 11) is 0. The van der Waals surface area contributed by atoms with Crippen LogP contribution in [0.2, 0.25) is 5.02 Å². The van der Waals surface area contributed by atoms with E-state index in [1.807, 2.05) is 0 Å². The number of carbonyl (C=O) groups excluding carboxylic acids is 2. The standard InChI is InChI=1S/C21H22ClNO3/c1-2-23-14-5-3-7-17(25)20(14)19(12-9-10-16(24)13(22)11-12)21-15(23)6-4-8-18(21)26/h9-11,19,24H,2-8H2,1H3. The van der Waals surface area contributed by atoms with Gasteiger partial charge < -0.3 is 10.0 Å². The van der Waals surface area contributed by atoms with Crippen LogP contribution >= 0.6 is 11.6 Å². The minimum atomic E-state index is -0.360. The minimum Gasteiger partial charge on any atom is -0.506 e. The third-order valence-corrected chi connectivity index (χ3v) is 6.01. The Morgan fingerprint density at radius 2 is 1.62 bits per heavy atom. The van der Waals surface area contributed by atoms with Gasteiger partial charge in [-0.15, -0.1) is 0 Å². The lowest BCUT2D eigenvalue weighted by Crippen LogP contribution is -2.39. The lowest BCUT2D eigenvalue weighted by Gasteiger charge is -2.43. The van der Waals surface area contributed by atoms with Gasteiger partial charge in [0, 0.05) is 47.8 Å². The normalized spacial score (nSPS) is 21.2. The smallest absolute Gasteiger partial charge is 0.161 e. The number of ketones is 2. The van der Waals surface area contributed by atoms with E-state index in [0.29, 0.717) is 12.8 Å². The van der Waals surface area contributed by atoms with E-state index in [-0.39, 0.29) is 28.3 Å². The number of Topliss-reactive ketones (excluding diaryl/α,β-unsaturated/α-hetero) is 2. The molecule has 0 aromatic heterocycles. The predicted molar refractivity (Wildman–Crippen MR) is 100 cm³/mol. The molecular weight excluding hydrogens is 350 g/mol. The molecule has 1 aromatic rings. The summed E-state index contributed by atoms with van der Waals surface area (Å²) in [4.78, 5) is 28.0. The van der Waals surface area contributed by atoms with Crippen molar-refractivity contribution in [3.63, 3.8) is 0 Å². The summed E-state index contributed by atoms with van der Waals surface area (Å²) in [5.74, 6) is -0.0936. The highest BCUT2D eigenvalue weighted by atomic mass is 35.5. The number of halogens is 1. The molecule has 4 rings (SSSR count). The van der Waals surface area contributed by atoms with Gasteiger partial charge in [0.15, 0.2) is 11.6 Å². The number of allylic oxidation sites excluding steroid dienone is 4. The first kappa shape index (κ1) is 17.3. The summed E-state index contributed by atoms with van der Waals surface area (Å²) in [5.41, 5.74) is 4.48. The SMILES string of the molecule is CCN1C2=C(C(=O)CCC2)C(c2ccc(O)c(Cl)c2)C2=C1CCCC2=O. The summed E-state index contributed by atoms with van der Waals surface area (Å²) in [5, 5.41) is 10.0. The fraction of sp³-hybridized carbons (Fsp3) is 0.429. The molecule has 1 aromatic carbocycles. The maximum Gasteiger partial charge on any atom is 0.161 e. The summed E-state index contributed by atoms with van der Waals surface area (Å²) in [6, 6.07) is 5.03. The Kier molecular flexibility index (Phi) is 4.39. The van der Waals surface area contributed by atoms with Gasteiger partial charge in [-0.05, 0) is 50.3 Å². The number of benzene rings is 1. The molecule has 1 aliphatic heterocycles. The first-order valence-corrected chi connectivity index (χ1v) is 9.69. The zero-order valence-corrected chi connectivity index (χ0v) is 15.6. The zero-order valence-electron chi connectivity index (χ0n) is 14.8. The number of rotatable bonds is 2. The van der Waals surface area contributed by atoms with E-state index in [1.54, 1.807) is 18.2 Å². The highest BCUT2D eigenvalue weighted by Crippen LogP contribution is 2.49. The van der Waals surface area contributed by atoms with Crippen molar-refractivity contribution < 1.29 is 14.7 Å². The minimum absolute atomic E-state index is 0.00904. The molecule has 0 radical (unpaired) electrons. The quantitative estimate of drug-likeness (QED) is 0.832. The molecule has 2 aliphatic carbocycles. The Bertz CT molecular complexity index is 824. The van der Waals surface area contributed by atoms with Gasteiger partial charge in [-0.2, -0.15) is 0 Å². The van der Waals surface area contributed by atoms with Crippen LogP contribution in [-0.4, -0.2) is 28.1 Å². The first-order valence-electron chi connectivity index (χ1n) is 9.31. The van der Waals surface area contributed by atoms with Crippen LogP contribution in [0.4, 0.5) is 0 Å². The third kappa shape index (κ3) is 2.59. The number of aromatic hydroxyl groups is 1. The van der Waals surface area contributed by atoms with Crippen LogP contribution in [0, 0.1) is 0 Å². The van der Waals surface area contributed by atoms with E-state index in [2.05, 4.69) is 11.8 Å². The van der Waals surface area contributed by atoms with Crippen molar-refractivity contribution in [2.45, 2.75) is 51.4 Å². The lowest BCUT2D eigenvalue weighted by molar-refractivity contribution is -0.117. The van der Waals surface area contributed by atoms with Crippen LogP contribution in [0.15, 0.2) is 40.7 Å². The van der Waals surface area contributed by atoms with Crippen LogP contribution in [-0.2, 0) is 9.59 Å². The predicted octanol–water partition coefficient (Wildman–Crippen LogP) is 4.48. The molecule has 1 N–H and O–H groups in total. The molecule has 0 saturated carbocycles. The molecule has 5 heteroatoms. The number of hydrogen-bond donors (Lipinski definition) is 1. The van der Waals surface area contributed by atoms with Crippen molar-refractivity contribution >= 4 is 23.2 Å². The molecule has 4 nitrogen and oxygen atoms in total. The summed E-state index contributed by atoms with van der Waals surface area (Å²) in [6.07, 6.45) is 4.48. The molecule has 0 unspecified atom stereocenters. The van der Waals surface area contributed by atoms with Gasteiger partial charge in [0.1, 0.15) is 5.75 Å². The third-order valence-electron chi connectivity index (χ3n) is 5.71. The molecule has 1 heterocycles. The number of phenols is 1. The molecule has 0 spiro atoms. The van der Waals surface area contributed by atoms with Crippen molar-refractivity contribution in [3.05, 3.63) is 51.3 Å². The molecule has 26 heavy (non-hydrogen) atoms.